The zero-order valence-corrected chi connectivity index (χ0v) is 12.2. The van der Waals surface area contributed by atoms with Crippen LogP contribution in [0.25, 0.3) is 0 Å². The second kappa shape index (κ2) is 4.97. The second-order valence-electron chi connectivity index (χ2n) is 5.56. The zero-order chi connectivity index (χ0) is 15.1. The highest BCUT2D eigenvalue weighted by Crippen LogP contribution is 2.39. The molecule has 1 fully saturated rings. The van der Waals surface area contributed by atoms with Gasteiger partial charge >= 0.3 is 10.3 Å². The Morgan fingerprint density at radius 2 is 2.14 bits per heavy atom. The van der Waals surface area contributed by atoms with Gasteiger partial charge in [-0.05, 0) is 29.7 Å². The van der Waals surface area contributed by atoms with Crippen molar-refractivity contribution in [1.82, 2.24) is 10.6 Å². The van der Waals surface area contributed by atoms with Crippen molar-refractivity contribution < 1.29 is 17.4 Å². The first-order chi connectivity index (χ1) is 9.88. The summed E-state index contributed by atoms with van der Waals surface area (Å²) in [6.45, 7) is 2.00. The average molecular weight is 311 g/mol. The Morgan fingerprint density at radius 3 is 2.86 bits per heavy atom. The lowest BCUT2D eigenvalue weighted by molar-refractivity contribution is -0.124. The van der Waals surface area contributed by atoms with E-state index >= 15 is 0 Å². The molecule has 3 rings (SSSR count). The largest absolute Gasteiger partial charge is 0.380 e. The van der Waals surface area contributed by atoms with E-state index in [0.717, 1.165) is 24.1 Å². The maximum absolute atomic E-state index is 11.7. The van der Waals surface area contributed by atoms with Gasteiger partial charge in [-0.15, -0.1) is 0 Å². The van der Waals surface area contributed by atoms with Crippen LogP contribution in [0.5, 0.6) is 5.75 Å². The highest BCUT2D eigenvalue weighted by atomic mass is 32.2. The van der Waals surface area contributed by atoms with E-state index in [1.807, 2.05) is 6.07 Å². The van der Waals surface area contributed by atoms with Crippen LogP contribution in [-0.2, 0) is 27.1 Å². The minimum atomic E-state index is -4.03. The van der Waals surface area contributed by atoms with Gasteiger partial charge < -0.3 is 14.8 Å². The molecule has 0 bridgehead atoms. The van der Waals surface area contributed by atoms with Crippen LogP contribution >= 0.6 is 0 Å². The topological polar surface area (TPSA) is 111 Å². The van der Waals surface area contributed by atoms with Gasteiger partial charge in [-0.2, -0.15) is 13.6 Å². The molecule has 2 aliphatic heterocycles. The predicted molar refractivity (Wildman–Crippen MR) is 75.8 cm³/mol. The number of fused-ring (bicyclic) bond motifs is 2. The Labute approximate surface area is 123 Å². The van der Waals surface area contributed by atoms with Gasteiger partial charge in [0.15, 0.2) is 0 Å². The molecule has 1 unspecified atom stereocenters. The highest BCUT2D eigenvalue weighted by molar-refractivity contribution is 7.84. The number of nitrogens with one attached hydrogen (secondary N) is 2. The summed E-state index contributed by atoms with van der Waals surface area (Å²) < 4.78 is 26.7. The molecule has 0 aromatic heterocycles. The first-order valence-electron chi connectivity index (χ1n) is 6.71. The number of benzene rings is 1. The molecular weight excluding hydrogens is 294 g/mol. The lowest BCUT2D eigenvalue weighted by Gasteiger charge is -2.42. The maximum atomic E-state index is 11.7. The van der Waals surface area contributed by atoms with Crippen molar-refractivity contribution in [2.75, 3.05) is 13.1 Å². The van der Waals surface area contributed by atoms with Crippen LogP contribution < -0.4 is 20.0 Å². The van der Waals surface area contributed by atoms with Crippen LogP contribution in [0, 0.1) is 0 Å². The minimum Gasteiger partial charge on any atom is -0.371 e. The summed E-state index contributed by atoms with van der Waals surface area (Å²) in [7, 11) is -4.03. The number of amides is 1. The number of carbonyl (C=O) groups is 1. The standard InChI is InChI=1S/C13H17N3O4S/c14-21(18,19)20-10-1-2-11-9(5-10)7-15-8-13(11)3-4-16-12(17)6-13/h1-2,5,15H,3-4,6-8H2,(H,16,17)(H2,14,18,19). The Hall–Kier alpha value is -1.64. The van der Waals surface area contributed by atoms with E-state index in [1.165, 1.54) is 0 Å². The highest BCUT2D eigenvalue weighted by Gasteiger charge is 2.40. The molecule has 1 spiro atoms. The summed E-state index contributed by atoms with van der Waals surface area (Å²) in [6.07, 6.45) is 1.29. The van der Waals surface area contributed by atoms with Crippen LogP contribution in [0.3, 0.4) is 0 Å². The van der Waals surface area contributed by atoms with Crippen molar-refractivity contribution in [1.29, 1.82) is 0 Å². The van der Waals surface area contributed by atoms with Gasteiger partial charge in [0.05, 0.1) is 0 Å². The number of hydrogen-bond acceptors (Lipinski definition) is 5. The second-order valence-corrected chi connectivity index (χ2v) is 6.71. The van der Waals surface area contributed by atoms with E-state index in [4.69, 9.17) is 9.32 Å². The monoisotopic (exact) mass is 311 g/mol. The van der Waals surface area contributed by atoms with E-state index in [-0.39, 0.29) is 17.1 Å². The predicted octanol–water partition coefficient (Wildman–Crippen LogP) is -0.480. The van der Waals surface area contributed by atoms with E-state index in [0.29, 0.717) is 19.5 Å². The van der Waals surface area contributed by atoms with E-state index < -0.39 is 10.3 Å². The van der Waals surface area contributed by atoms with Crippen LogP contribution in [0.15, 0.2) is 18.2 Å². The molecule has 21 heavy (non-hydrogen) atoms. The van der Waals surface area contributed by atoms with Crippen LogP contribution in [0.4, 0.5) is 0 Å². The van der Waals surface area contributed by atoms with Gasteiger partial charge in [0, 0.05) is 31.5 Å². The summed E-state index contributed by atoms with van der Waals surface area (Å²) >= 11 is 0. The molecule has 1 aromatic carbocycles. The lowest BCUT2D eigenvalue weighted by atomic mass is 9.69. The lowest BCUT2D eigenvalue weighted by Crippen LogP contribution is -2.51. The summed E-state index contributed by atoms with van der Waals surface area (Å²) in [5, 5.41) is 11.0. The molecule has 0 radical (unpaired) electrons. The Bertz CT molecular complexity index is 689. The molecule has 0 aliphatic carbocycles. The SMILES string of the molecule is NS(=O)(=O)Oc1ccc2c(c1)CNCC21CCNC(=O)C1. The summed E-state index contributed by atoms with van der Waals surface area (Å²) in [4.78, 5) is 11.7. The van der Waals surface area contributed by atoms with Gasteiger partial charge in [0.2, 0.25) is 5.91 Å². The van der Waals surface area contributed by atoms with Gasteiger partial charge in [-0.25, -0.2) is 0 Å². The Morgan fingerprint density at radius 1 is 1.33 bits per heavy atom. The van der Waals surface area contributed by atoms with Crippen molar-refractivity contribution in [2.45, 2.75) is 24.8 Å². The minimum absolute atomic E-state index is 0.0424. The fourth-order valence-electron chi connectivity index (χ4n) is 3.23. The normalized spacial score (nSPS) is 25.3. The quantitative estimate of drug-likeness (QED) is 0.683. The number of rotatable bonds is 2. The van der Waals surface area contributed by atoms with Crippen molar-refractivity contribution in [3.63, 3.8) is 0 Å². The molecule has 7 nitrogen and oxygen atoms in total. The molecule has 4 N–H and O–H groups in total. The molecule has 114 valence electrons. The number of carbonyl (C=O) groups excluding carboxylic acids is 1. The number of piperidine rings is 1. The third kappa shape index (κ3) is 2.87. The van der Waals surface area contributed by atoms with Crippen molar-refractivity contribution in [2.24, 2.45) is 5.14 Å². The van der Waals surface area contributed by atoms with Crippen molar-refractivity contribution in [3.05, 3.63) is 29.3 Å². The molecule has 2 heterocycles. The molecule has 0 saturated carbocycles. The summed E-state index contributed by atoms with van der Waals surface area (Å²) in [5.74, 6) is 0.233. The van der Waals surface area contributed by atoms with Crippen LogP contribution in [0.1, 0.15) is 24.0 Å². The fraction of sp³-hybridized carbons (Fsp3) is 0.462. The van der Waals surface area contributed by atoms with Crippen molar-refractivity contribution in [3.8, 4) is 5.75 Å². The first-order valence-corrected chi connectivity index (χ1v) is 8.18. The van der Waals surface area contributed by atoms with Crippen LogP contribution in [0.2, 0.25) is 0 Å². The van der Waals surface area contributed by atoms with Gasteiger partial charge in [-0.3, -0.25) is 4.79 Å². The molecule has 1 atom stereocenters. The van der Waals surface area contributed by atoms with E-state index in [2.05, 4.69) is 10.6 Å². The van der Waals surface area contributed by atoms with E-state index in [9.17, 15) is 13.2 Å². The van der Waals surface area contributed by atoms with E-state index in [1.54, 1.807) is 12.1 Å². The van der Waals surface area contributed by atoms with Crippen LogP contribution in [-0.4, -0.2) is 27.4 Å². The summed E-state index contributed by atoms with van der Waals surface area (Å²) in [6, 6.07) is 5.10. The Kier molecular flexibility index (Phi) is 3.39. The molecular formula is C13H17N3O4S. The third-order valence-electron chi connectivity index (χ3n) is 4.06. The molecule has 1 aromatic rings. The number of nitrogens with two attached hydrogens (primary N) is 1. The molecule has 2 aliphatic rings. The zero-order valence-electron chi connectivity index (χ0n) is 11.4. The van der Waals surface area contributed by atoms with Gasteiger partial charge in [0.1, 0.15) is 5.75 Å². The van der Waals surface area contributed by atoms with Crippen molar-refractivity contribution >= 4 is 16.2 Å². The molecule has 1 amide bonds. The number of hydrogen-bond donors (Lipinski definition) is 3. The smallest absolute Gasteiger partial charge is 0.371 e. The van der Waals surface area contributed by atoms with Gasteiger partial charge in [-0.1, -0.05) is 6.07 Å². The average Bonchev–Trinajstić information content (AvgIpc) is 2.36. The maximum Gasteiger partial charge on any atom is 0.380 e. The Balaban J connectivity index is 1.97. The fourth-order valence-corrected chi connectivity index (χ4v) is 3.60. The molecule has 8 heteroatoms. The van der Waals surface area contributed by atoms with Gasteiger partial charge in [0.25, 0.3) is 0 Å². The third-order valence-corrected chi connectivity index (χ3v) is 4.49. The first kappa shape index (κ1) is 14.3. The molecule has 1 saturated heterocycles. The summed E-state index contributed by atoms with van der Waals surface area (Å²) in [5.41, 5.74) is 1.80.